The molecule has 0 bridgehead atoms. The summed E-state index contributed by atoms with van der Waals surface area (Å²) < 4.78 is 45.1. The van der Waals surface area contributed by atoms with Gasteiger partial charge in [0.25, 0.3) is 0 Å². The molecule has 22 heavy (non-hydrogen) atoms. The van der Waals surface area contributed by atoms with Crippen molar-refractivity contribution in [2.45, 2.75) is 37.2 Å². The fraction of sp³-hybridized carbons (Fsp3) is 0.929. The maximum atomic E-state index is 13.3. The van der Waals surface area contributed by atoms with Crippen LogP contribution in [-0.4, -0.2) is 78.3 Å². The lowest BCUT2D eigenvalue weighted by atomic mass is 10.1. The second-order valence-electron chi connectivity index (χ2n) is 5.76. The van der Waals surface area contributed by atoms with Crippen LogP contribution in [0.5, 0.6) is 0 Å². The summed E-state index contributed by atoms with van der Waals surface area (Å²) in [6.07, 6.45) is -4.03. The maximum absolute atomic E-state index is 13.3. The van der Waals surface area contributed by atoms with Crippen molar-refractivity contribution in [1.29, 1.82) is 0 Å². The van der Waals surface area contributed by atoms with Crippen LogP contribution in [0.3, 0.4) is 0 Å². The summed E-state index contributed by atoms with van der Waals surface area (Å²) in [4.78, 5) is 15.2. The zero-order valence-electron chi connectivity index (χ0n) is 12.8. The molecule has 2 rings (SSSR count). The first-order chi connectivity index (χ1) is 10.4. The highest BCUT2D eigenvalue weighted by molar-refractivity contribution is 7.99. The van der Waals surface area contributed by atoms with Crippen molar-refractivity contribution in [3.63, 3.8) is 0 Å². The monoisotopic (exact) mass is 340 g/mol. The number of hydrogen-bond donors (Lipinski definition) is 0. The minimum atomic E-state index is -4.39. The van der Waals surface area contributed by atoms with Gasteiger partial charge in [-0.25, -0.2) is 0 Å². The van der Waals surface area contributed by atoms with Crippen LogP contribution in [-0.2, 0) is 9.53 Å². The Hall–Kier alpha value is -0.470. The molecule has 2 atom stereocenters. The van der Waals surface area contributed by atoms with Gasteiger partial charge in [0, 0.05) is 37.2 Å². The van der Waals surface area contributed by atoms with Crippen LogP contribution in [0.25, 0.3) is 0 Å². The number of nitrogens with zero attached hydrogens (tertiary/aromatic N) is 2. The first-order valence-corrected chi connectivity index (χ1v) is 8.70. The van der Waals surface area contributed by atoms with E-state index in [2.05, 4.69) is 6.92 Å². The first-order valence-electron chi connectivity index (χ1n) is 7.66. The molecule has 8 heteroatoms. The summed E-state index contributed by atoms with van der Waals surface area (Å²) in [6.45, 7) is 4.22. The molecule has 0 aromatic carbocycles. The van der Waals surface area contributed by atoms with E-state index in [0.717, 1.165) is 12.2 Å². The third-order valence-corrected chi connectivity index (χ3v) is 5.38. The van der Waals surface area contributed by atoms with Crippen LogP contribution in [0.15, 0.2) is 0 Å². The molecule has 2 aliphatic rings. The number of carbonyl (C=O) groups is 1. The van der Waals surface area contributed by atoms with Crippen LogP contribution in [0.2, 0.25) is 0 Å². The summed E-state index contributed by atoms with van der Waals surface area (Å²) in [5.74, 6) is 0.407. The van der Waals surface area contributed by atoms with E-state index in [1.807, 2.05) is 0 Å². The van der Waals surface area contributed by atoms with Crippen molar-refractivity contribution >= 4 is 17.7 Å². The number of halogens is 3. The zero-order valence-corrected chi connectivity index (χ0v) is 13.6. The predicted molar refractivity (Wildman–Crippen MR) is 80.0 cm³/mol. The highest BCUT2D eigenvalue weighted by Crippen LogP contribution is 2.29. The molecule has 0 aromatic heterocycles. The molecule has 0 saturated carbocycles. The fourth-order valence-corrected chi connectivity index (χ4v) is 3.78. The Morgan fingerprint density at radius 3 is 2.59 bits per heavy atom. The average molecular weight is 340 g/mol. The summed E-state index contributed by atoms with van der Waals surface area (Å²) in [6, 6.07) is -1.70. The van der Waals surface area contributed by atoms with Crippen molar-refractivity contribution in [1.82, 2.24) is 9.80 Å². The third kappa shape index (κ3) is 5.03. The molecule has 0 aliphatic carbocycles. The van der Waals surface area contributed by atoms with Gasteiger partial charge in [-0.15, -0.1) is 0 Å². The highest BCUT2D eigenvalue weighted by atomic mass is 32.2. The lowest BCUT2D eigenvalue weighted by Crippen LogP contribution is -2.52. The van der Waals surface area contributed by atoms with Crippen molar-refractivity contribution in [2.24, 2.45) is 0 Å². The molecule has 2 aliphatic heterocycles. The molecular weight excluding hydrogens is 317 g/mol. The summed E-state index contributed by atoms with van der Waals surface area (Å²) in [7, 11) is 0. The number of amides is 1. The SMILES string of the molecule is CC1CCN(C(=O)CC(N2CCOCC2)C(F)(F)F)CCS1. The number of ether oxygens (including phenoxy) is 1. The Bertz CT molecular complexity index is 376. The minimum Gasteiger partial charge on any atom is -0.379 e. The van der Waals surface area contributed by atoms with E-state index in [1.165, 1.54) is 4.90 Å². The number of carbonyl (C=O) groups excluding carboxylic acids is 1. The molecule has 0 aromatic rings. The highest BCUT2D eigenvalue weighted by Gasteiger charge is 2.45. The van der Waals surface area contributed by atoms with Crippen LogP contribution >= 0.6 is 11.8 Å². The summed E-state index contributed by atoms with van der Waals surface area (Å²) >= 11 is 1.77. The van der Waals surface area contributed by atoms with Crippen LogP contribution < -0.4 is 0 Å². The number of thioether (sulfide) groups is 1. The molecule has 0 spiro atoms. The van der Waals surface area contributed by atoms with Gasteiger partial charge in [-0.2, -0.15) is 24.9 Å². The molecule has 0 N–H and O–H groups in total. The second-order valence-corrected chi connectivity index (χ2v) is 7.31. The molecule has 2 saturated heterocycles. The smallest absolute Gasteiger partial charge is 0.379 e. The van der Waals surface area contributed by atoms with E-state index < -0.39 is 18.6 Å². The van der Waals surface area contributed by atoms with E-state index in [9.17, 15) is 18.0 Å². The normalized spacial score (nSPS) is 26.5. The van der Waals surface area contributed by atoms with Gasteiger partial charge in [0.05, 0.1) is 19.6 Å². The molecule has 128 valence electrons. The number of morpholine rings is 1. The first kappa shape index (κ1) is 17.9. The quantitative estimate of drug-likeness (QED) is 0.787. The van der Waals surface area contributed by atoms with Crippen molar-refractivity contribution in [3.05, 3.63) is 0 Å². The standard InChI is InChI=1S/C14H23F3N2O2S/c1-11-2-3-19(6-9-22-11)13(20)10-12(14(15,16)17)18-4-7-21-8-5-18/h11-12H,2-10H2,1H3. The van der Waals surface area contributed by atoms with Crippen molar-refractivity contribution in [2.75, 3.05) is 45.1 Å². The predicted octanol–water partition coefficient (Wildman–Crippen LogP) is 1.99. The lowest BCUT2D eigenvalue weighted by molar-refractivity contribution is -0.196. The van der Waals surface area contributed by atoms with Gasteiger partial charge >= 0.3 is 6.18 Å². The molecule has 0 radical (unpaired) electrons. The van der Waals surface area contributed by atoms with Gasteiger partial charge in [0.15, 0.2) is 0 Å². The van der Waals surface area contributed by atoms with E-state index in [1.54, 1.807) is 16.7 Å². The van der Waals surface area contributed by atoms with Crippen LogP contribution in [0.4, 0.5) is 13.2 Å². The number of hydrogen-bond acceptors (Lipinski definition) is 4. The molecular formula is C14H23F3N2O2S. The van der Waals surface area contributed by atoms with Crippen LogP contribution in [0, 0.1) is 0 Å². The fourth-order valence-electron chi connectivity index (χ4n) is 2.78. The number of alkyl halides is 3. The zero-order chi connectivity index (χ0) is 16.2. The van der Waals surface area contributed by atoms with Crippen LogP contribution in [0.1, 0.15) is 19.8 Å². The van der Waals surface area contributed by atoms with E-state index in [0.29, 0.717) is 31.6 Å². The molecule has 2 fully saturated rings. The Morgan fingerprint density at radius 2 is 1.95 bits per heavy atom. The summed E-state index contributed by atoms with van der Waals surface area (Å²) in [5, 5.41) is 0.454. The van der Waals surface area contributed by atoms with Gasteiger partial charge in [-0.3, -0.25) is 9.69 Å². The van der Waals surface area contributed by atoms with E-state index >= 15 is 0 Å². The largest absolute Gasteiger partial charge is 0.404 e. The Balaban J connectivity index is 1.98. The second kappa shape index (κ2) is 7.88. The third-order valence-electron chi connectivity index (χ3n) is 4.15. The summed E-state index contributed by atoms with van der Waals surface area (Å²) in [5.41, 5.74) is 0. The Morgan fingerprint density at radius 1 is 1.27 bits per heavy atom. The van der Waals surface area contributed by atoms with E-state index in [-0.39, 0.29) is 19.0 Å². The average Bonchev–Trinajstić information content (AvgIpc) is 2.69. The van der Waals surface area contributed by atoms with Gasteiger partial charge in [-0.1, -0.05) is 6.92 Å². The van der Waals surface area contributed by atoms with Gasteiger partial charge in [-0.05, 0) is 6.42 Å². The van der Waals surface area contributed by atoms with Gasteiger partial charge in [0.1, 0.15) is 6.04 Å². The Kier molecular flexibility index (Phi) is 6.40. The van der Waals surface area contributed by atoms with Gasteiger partial charge in [0.2, 0.25) is 5.91 Å². The topological polar surface area (TPSA) is 32.8 Å². The molecule has 2 unspecified atom stereocenters. The van der Waals surface area contributed by atoms with E-state index in [4.69, 9.17) is 4.74 Å². The Labute approximate surface area is 133 Å². The number of rotatable bonds is 3. The molecule has 1 amide bonds. The van der Waals surface area contributed by atoms with Gasteiger partial charge < -0.3 is 9.64 Å². The lowest BCUT2D eigenvalue weighted by Gasteiger charge is -2.36. The van der Waals surface area contributed by atoms with Crippen molar-refractivity contribution < 1.29 is 22.7 Å². The maximum Gasteiger partial charge on any atom is 0.404 e. The minimum absolute atomic E-state index is 0.227. The molecule has 2 heterocycles. The van der Waals surface area contributed by atoms with Crippen molar-refractivity contribution in [3.8, 4) is 0 Å². The molecule has 4 nitrogen and oxygen atoms in total.